The molecule has 0 spiro atoms. The number of nitrogens with one attached hydrogen (secondary N) is 1. The highest BCUT2D eigenvalue weighted by Crippen LogP contribution is 2.36. The molecule has 1 aliphatic carbocycles. The lowest BCUT2D eigenvalue weighted by atomic mass is 9.86. The third-order valence-corrected chi connectivity index (χ3v) is 4.85. The molecule has 1 aromatic carbocycles. The SMILES string of the molecule is CC.CCN(CC)C(=O)C(/C=C1\CCc2c[nH]c3cccc1c23)CN. The molecule has 0 aliphatic heterocycles. The Morgan fingerprint density at radius 2 is 2.00 bits per heavy atom. The van der Waals surface area contributed by atoms with Gasteiger partial charge in [-0.3, -0.25) is 4.79 Å². The summed E-state index contributed by atoms with van der Waals surface area (Å²) in [5.74, 6) is -0.0994. The number of carbonyl (C=O) groups excluding carboxylic acids is 1. The first kappa shape index (κ1) is 19.3. The van der Waals surface area contributed by atoms with E-state index in [0.29, 0.717) is 6.54 Å². The van der Waals surface area contributed by atoms with E-state index in [1.165, 1.54) is 27.6 Å². The van der Waals surface area contributed by atoms with Crippen molar-refractivity contribution in [3.63, 3.8) is 0 Å². The number of aromatic nitrogens is 1. The Kier molecular flexibility index (Phi) is 6.82. The molecule has 0 bridgehead atoms. The van der Waals surface area contributed by atoms with E-state index in [1.54, 1.807) is 0 Å². The Morgan fingerprint density at radius 3 is 2.64 bits per heavy atom. The first-order chi connectivity index (χ1) is 12.2. The van der Waals surface area contributed by atoms with Crippen molar-refractivity contribution < 1.29 is 4.79 Å². The largest absolute Gasteiger partial charge is 0.361 e. The summed E-state index contributed by atoms with van der Waals surface area (Å²) in [6, 6.07) is 6.33. The summed E-state index contributed by atoms with van der Waals surface area (Å²) in [5.41, 5.74) is 10.9. The van der Waals surface area contributed by atoms with Crippen LogP contribution in [0.1, 0.15) is 45.2 Å². The lowest BCUT2D eigenvalue weighted by molar-refractivity contribution is -0.133. The number of aryl methyl sites for hydroxylation is 1. The number of allylic oxidation sites excluding steroid dienone is 1. The maximum absolute atomic E-state index is 12.6. The maximum atomic E-state index is 12.6. The fourth-order valence-electron chi connectivity index (χ4n) is 3.55. The van der Waals surface area contributed by atoms with Crippen LogP contribution in [0.4, 0.5) is 0 Å². The van der Waals surface area contributed by atoms with E-state index in [4.69, 9.17) is 5.73 Å². The van der Waals surface area contributed by atoms with Gasteiger partial charge in [0.2, 0.25) is 5.91 Å². The minimum atomic E-state index is -0.236. The molecule has 3 rings (SSSR count). The minimum absolute atomic E-state index is 0.136. The predicted octanol–water partition coefficient (Wildman–Crippen LogP) is 3.97. The normalized spacial score (nSPS) is 15.6. The summed E-state index contributed by atoms with van der Waals surface area (Å²) in [6.07, 6.45) is 6.18. The van der Waals surface area contributed by atoms with Gasteiger partial charge in [0.15, 0.2) is 0 Å². The third kappa shape index (κ3) is 3.79. The first-order valence-electron chi connectivity index (χ1n) is 9.48. The molecule has 1 atom stereocenters. The molecule has 3 N–H and O–H groups in total. The van der Waals surface area contributed by atoms with Crippen molar-refractivity contribution in [1.82, 2.24) is 9.88 Å². The molecule has 4 heteroatoms. The number of H-pyrrole nitrogens is 1. The number of hydrogen-bond donors (Lipinski definition) is 2. The zero-order valence-electron chi connectivity index (χ0n) is 15.9. The summed E-state index contributed by atoms with van der Waals surface area (Å²) in [4.78, 5) is 17.8. The van der Waals surface area contributed by atoms with Crippen molar-refractivity contribution in [3.05, 3.63) is 41.6 Å². The van der Waals surface area contributed by atoms with Crippen LogP contribution in [-0.4, -0.2) is 35.4 Å². The number of nitrogens with zero attached hydrogens (tertiary/aromatic N) is 1. The second-order valence-corrected chi connectivity index (χ2v) is 6.09. The first-order valence-corrected chi connectivity index (χ1v) is 9.48. The second-order valence-electron chi connectivity index (χ2n) is 6.09. The van der Waals surface area contributed by atoms with E-state index in [2.05, 4.69) is 35.5 Å². The zero-order valence-corrected chi connectivity index (χ0v) is 15.9. The van der Waals surface area contributed by atoms with Crippen LogP contribution in [0.15, 0.2) is 30.5 Å². The lowest BCUT2D eigenvalue weighted by Gasteiger charge is -2.24. The van der Waals surface area contributed by atoms with E-state index in [-0.39, 0.29) is 11.8 Å². The minimum Gasteiger partial charge on any atom is -0.361 e. The zero-order chi connectivity index (χ0) is 18.4. The predicted molar refractivity (Wildman–Crippen MR) is 106 cm³/mol. The number of rotatable bonds is 5. The smallest absolute Gasteiger partial charge is 0.230 e. The summed E-state index contributed by atoms with van der Waals surface area (Å²) in [7, 11) is 0. The average Bonchev–Trinajstić information content (AvgIpc) is 3.09. The van der Waals surface area contributed by atoms with Gasteiger partial charge in [-0.2, -0.15) is 0 Å². The van der Waals surface area contributed by atoms with Gasteiger partial charge in [0.1, 0.15) is 0 Å². The van der Waals surface area contributed by atoms with Gasteiger partial charge in [-0.1, -0.05) is 32.1 Å². The number of hydrogen-bond acceptors (Lipinski definition) is 2. The number of benzene rings is 1. The van der Waals surface area contributed by atoms with Gasteiger partial charge in [0, 0.05) is 36.7 Å². The Morgan fingerprint density at radius 1 is 1.28 bits per heavy atom. The molecule has 136 valence electrons. The Hall–Kier alpha value is -2.07. The average molecular weight is 341 g/mol. The Labute approximate surface area is 151 Å². The van der Waals surface area contributed by atoms with E-state index >= 15 is 0 Å². The van der Waals surface area contributed by atoms with Crippen molar-refractivity contribution in [2.75, 3.05) is 19.6 Å². The number of carbonyl (C=O) groups is 1. The molecule has 1 amide bonds. The highest BCUT2D eigenvalue weighted by atomic mass is 16.2. The van der Waals surface area contributed by atoms with E-state index < -0.39 is 0 Å². The van der Waals surface area contributed by atoms with Crippen molar-refractivity contribution in [3.8, 4) is 0 Å². The van der Waals surface area contributed by atoms with Crippen LogP contribution >= 0.6 is 0 Å². The molecule has 2 aromatic rings. The number of amides is 1. The highest BCUT2D eigenvalue weighted by molar-refractivity contribution is 5.97. The van der Waals surface area contributed by atoms with Crippen molar-refractivity contribution >= 4 is 22.4 Å². The highest BCUT2D eigenvalue weighted by Gasteiger charge is 2.23. The van der Waals surface area contributed by atoms with Crippen molar-refractivity contribution in [2.45, 2.75) is 40.5 Å². The molecule has 0 radical (unpaired) electrons. The van der Waals surface area contributed by atoms with Gasteiger partial charge >= 0.3 is 0 Å². The van der Waals surface area contributed by atoms with Crippen LogP contribution in [0.25, 0.3) is 16.5 Å². The van der Waals surface area contributed by atoms with Crippen LogP contribution in [-0.2, 0) is 11.2 Å². The molecule has 1 heterocycles. The lowest BCUT2D eigenvalue weighted by Crippen LogP contribution is -2.38. The van der Waals surface area contributed by atoms with E-state index in [0.717, 1.165) is 25.9 Å². The number of aromatic amines is 1. The standard InChI is InChI=1S/C19H25N3O.C2H6/c1-3-22(4-2)19(23)15(11-20)10-13-8-9-14-12-21-17-7-5-6-16(13)18(14)17;1-2/h5-7,10,12,15,21H,3-4,8-9,11,20H2,1-2H3;1-2H3/b13-10+;. The Balaban J connectivity index is 0.00000109. The second kappa shape index (κ2) is 8.86. The molecule has 25 heavy (non-hydrogen) atoms. The van der Waals surface area contributed by atoms with Gasteiger partial charge < -0.3 is 15.6 Å². The van der Waals surface area contributed by atoms with Crippen molar-refractivity contribution in [2.24, 2.45) is 11.7 Å². The molecular formula is C21H31N3O. The van der Waals surface area contributed by atoms with Gasteiger partial charge in [0.05, 0.1) is 5.92 Å². The molecule has 1 aliphatic rings. The monoisotopic (exact) mass is 341 g/mol. The van der Waals surface area contributed by atoms with E-state index in [9.17, 15) is 4.79 Å². The Bertz CT molecular complexity index is 741. The molecule has 4 nitrogen and oxygen atoms in total. The molecule has 0 saturated carbocycles. The fraction of sp³-hybridized carbons (Fsp3) is 0.476. The molecule has 0 fully saturated rings. The van der Waals surface area contributed by atoms with E-state index in [1.807, 2.05) is 32.6 Å². The van der Waals surface area contributed by atoms with Crippen LogP contribution in [0.3, 0.4) is 0 Å². The van der Waals surface area contributed by atoms with Crippen LogP contribution < -0.4 is 5.73 Å². The van der Waals surface area contributed by atoms with Crippen molar-refractivity contribution in [1.29, 1.82) is 0 Å². The van der Waals surface area contributed by atoms with Gasteiger partial charge in [-0.25, -0.2) is 0 Å². The van der Waals surface area contributed by atoms with Crippen LogP contribution in [0.2, 0.25) is 0 Å². The maximum Gasteiger partial charge on any atom is 0.230 e. The summed E-state index contributed by atoms with van der Waals surface area (Å²) in [5, 5.41) is 1.30. The summed E-state index contributed by atoms with van der Waals surface area (Å²) in [6.45, 7) is 9.83. The summed E-state index contributed by atoms with van der Waals surface area (Å²) < 4.78 is 0. The fourth-order valence-corrected chi connectivity index (χ4v) is 3.55. The third-order valence-electron chi connectivity index (χ3n) is 4.85. The summed E-state index contributed by atoms with van der Waals surface area (Å²) >= 11 is 0. The van der Waals surface area contributed by atoms with Gasteiger partial charge in [-0.05, 0) is 49.5 Å². The van der Waals surface area contributed by atoms with Crippen LogP contribution in [0.5, 0.6) is 0 Å². The molecule has 0 saturated heterocycles. The van der Waals surface area contributed by atoms with Gasteiger partial charge in [-0.15, -0.1) is 0 Å². The van der Waals surface area contributed by atoms with Crippen LogP contribution in [0, 0.1) is 5.92 Å². The quantitative estimate of drug-likeness (QED) is 0.864. The topological polar surface area (TPSA) is 62.1 Å². The molecule has 1 aromatic heterocycles. The molecule has 1 unspecified atom stereocenters. The number of nitrogens with two attached hydrogens (primary N) is 1. The molecular weight excluding hydrogens is 310 g/mol. The van der Waals surface area contributed by atoms with Gasteiger partial charge in [0.25, 0.3) is 0 Å².